The molecule has 1 unspecified atom stereocenters. The number of benzene rings is 1. The van der Waals surface area contributed by atoms with Crippen molar-refractivity contribution in [2.24, 2.45) is 5.41 Å². The molecule has 0 amide bonds. The quantitative estimate of drug-likeness (QED) is 0.360. The van der Waals surface area contributed by atoms with Gasteiger partial charge in [0.2, 0.25) is 0 Å². The summed E-state index contributed by atoms with van der Waals surface area (Å²) >= 11 is 0. The van der Waals surface area contributed by atoms with Gasteiger partial charge in [0.1, 0.15) is 11.2 Å². The molecule has 6 heteroatoms. The molecule has 0 radical (unpaired) electrons. The Kier molecular flexibility index (Phi) is 4.35. The Morgan fingerprint density at radius 1 is 1.38 bits per heavy atom. The monoisotopic (exact) mass is 291 g/mol. The first kappa shape index (κ1) is 15.2. The van der Waals surface area contributed by atoms with Gasteiger partial charge in [0.25, 0.3) is 5.69 Å². The van der Waals surface area contributed by atoms with Crippen LogP contribution in [-0.4, -0.2) is 23.8 Å². The molecular weight excluding hydrogens is 274 g/mol. The maximum atomic E-state index is 12.1. The number of aryl methyl sites for hydroxylation is 1. The Hall–Kier alpha value is -2.24. The van der Waals surface area contributed by atoms with Crippen LogP contribution >= 0.6 is 0 Å². The fraction of sp³-hybridized carbons (Fsp3) is 0.467. The molecule has 21 heavy (non-hydrogen) atoms. The lowest BCUT2D eigenvalue weighted by Crippen LogP contribution is -2.36. The second-order valence-electron chi connectivity index (χ2n) is 5.27. The summed E-state index contributed by atoms with van der Waals surface area (Å²) in [5, 5.41) is 10.6. The molecule has 1 atom stereocenters. The van der Waals surface area contributed by atoms with Gasteiger partial charge in [-0.3, -0.25) is 19.7 Å². The van der Waals surface area contributed by atoms with Gasteiger partial charge in [-0.15, -0.1) is 0 Å². The zero-order chi connectivity index (χ0) is 15.5. The number of rotatable bonds is 5. The van der Waals surface area contributed by atoms with Crippen molar-refractivity contribution in [2.45, 2.75) is 32.1 Å². The number of esters is 1. The van der Waals surface area contributed by atoms with Crippen molar-refractivity contribution in [2.75, 3.05) is 7.11 Å². The highest BCUT2D eigenvalue weighted by molar-refractivity contribution is 6.05. The van der Waals surface area contributed by atoms with Crippen LogP contribution in [0.25, 0.3) is 0 Å². The molecule has 0 bridgehead atoms. The average Bonchev–Trinajstić information content (AvgIpc) is 2.87. The van der Waals surface area contributed by atoms with Gasteiger partial charge in [-0.2, -0.15) is 0 Å². The minimum atomic E-state index is -1.03. The third-order valence-electron chi connectivity index (χ3n) is 4.10. The van der Waals surface area contributed by atoms with E-state index in [2.05, 4.69) is 0 Å². The molecule has 1 aliphatic rings. The first-order valence-electron chi connectivity index (χ1n) is 6.84. The van der Waals surface area contributed by atoms with Gasteiger partial charge in [-0.1, -0.05) is 12.1 Å². The Bertz CT molecular complexity index is 566. The van der Waals surface area contributed by atoms with Crippen molar-refractivity contribution < 1.29 is 19.2 Å². The van der Waals surface area contributed by atoms with Crippen LogP contribution in [0.1, 0.15) is 31.2 Å². The molecule has 112 valence electrons. The van der Waals surface area contributed by atoms with Crippen molar-refractivity contribution in [1.29, 1.82) is 0 Å². The summed E-state index contributed by atoms with van der Waals surface area (Å²) in [7, 11) is 1.29. The number of non-ortho nitro benzene ring substituents is 1. The predicted octanol–water partition coefficient (Wildman–Crippen LogP) is 2.44. The molecular formula is C15H17NO5. The highest BCUT2D eigenvalue weighted by Gasteiger charge is 2.48. The van der Waals surface area contributed by atoms with E-state index in [1.165, 1.54) is 19.2 Å². The second-order valence-corrected chi connectivity index (χ2v) is 5.27. The Labute approximate surface area is 122 Å². The van der Waals surface area contributed by atoms with Gasteiger partial charge in [-0.25, -0.2) is 0 Å². The van der Waals surface area contributed by atoms with Gasteiger partial charge in [0, 0.05) is 18.6 Å². The van der Waals surface area contributed by atoms with Gasteiger partial charge in [-0.05, 0) is 31.2 Å². The van der Waals surface area contributed by atoms with E-state index >= 15 is 0 Å². The highest BCUT2D eigenvalue weighted by atomic mass is 16.6. The number of carbonyl (C=O) groups is 2. The lowest BCUT2D eigenvalue weighted by atomic mass is 9.79. The smallest absolute Gasteiger partial charge is 0.319 e. The number of carbonyl (C=O) groups excluding carboxylic acids is 2. The maximum absolute atomic E-state index is 12.1. The number of Topliss-reactive ketones (excluding diaryl/α,β-unsaturated/α-hetero) is 1. The fourth-order valence-corrected chi connectivity index (χ4v) is 2.85. The van der Waals surface area contributed by atoms with E-state index in [9.17, 15) is 19.7 Å². The number of nitrogens with zero attached hydrogens (tertiary/aromatic N) is 1. The molecule has 2 rings (SSSR count). The Morgan fingerprint density at radius 3 is 2.52 bits per heavy atom. The Morgan fingerprint density at radius 2 is 2.05 bits per heavy atom. The summed E-state index contributed by atoms with van der Waals surface area (Å²) in [6.45, 7) is 0. The second kappa shape index (κ2) is 6.03. The van der Waals surface area contributed by atoms with Crippen molar-refractivity contribution in [1.82, 2.24) is 0 Å². The number of nitro groups is 1. The molecule has 0 N–H and O–H groups in total. The zero-order valence-electron chi connectivity index (χ0n) is 11.8. The number of ketones is 1. The summed E-state index contributed by atoms with van der Waals surface area (Å²) in [4.78, 5) is 34.2. The summed E-state index contributed by atoms with van der Waals surface area (Å²) in [5.74, 6) is -0.525. The van der Waals surface area contributed by atoms with Crippen molar-refractivity contribution >= 4 is 17.4 Å². The van der Waals surface area contributed by atoms with Crippen LogP contribution in [0.15, 0.2) is 24.3 Å². The molecule has 1 saturated carbocycles. The number of nitro benzene ring substituents is 1. The third-order valence-corrected chi connectivity index (χ3v) is 4.10. The van der Waals surface area contributed by atoms with Gasteiger partial charge in [0.15, 0.2) is 0 Å². The first-order chi connectivity index (χ1) is 9.99. The van der Waals surface area contributed by atoms with E-state index in [0.717, 1.165) is 5.56 Å². The SMILES string of the molecule is COC(=O)C1(CCc2ccc([N+](=O)[O-])cc2)CCCC1=O. The van der Waals surface area contributed by atoms with Crippen LogP contribution in [-0.2, 0) is 20.7 Å². The molecule has 1 aliphatic carbocycles. The van der Waals surface area contributed by atoms with Crippen LogP contribution in [0.5, 0.6) is 0 Å². The van der Waals surface area contributed by atoms with Crippen molar-refractivity contribution in [3.05, 3.63) is 39.9 Å². The van der Waals surface area contributed by atoms with Crippen molar-refractivity contribution in [3.8, 4) is 0 Å². The fourth-order valence-electron chi connectivity index (χ4n) is 2.85. The largest absolute Gasteiger partial charge is 0.468 e. The van der Waals surface area contributed by atoms with E-state index < -0.39 is 16.3 Å². The van der Waals surface area contributed by atoms with Crippen LogP contribution in [0.2, 0.25) is 0 Å². The molecule has 1 aromatic carbocycles. The maximum Gasteiger partial charge on any atom is 0.319 e. The summed E-state index contributed by atoms with van der Waals surface area (Å²) in [6, 6.07) is 6.16. The zero-order valence-corrected chi connectivity index (χ0v) is 11.8. The molecule has 6 nitrogen and oxygen atoms in total. The van der Waals surface area contributed by atoms with E-state index in [1.54, 1.807) is 12.1 Å². The van der Waals surface area contributed by atoms with E-state index in [1.807, 2.05) is 0 Å². The first-order valence-corrected chi connectivity index (χ1v) is 6.84. The summed E-state index contributed by atoms with van der Waals surface area (Å²) in [6.07, 6.45) is 2.53. The van der Waals surface area contributed by atoms with Gasteiger partial charge in [0.05, 0.1) is 12.0 Å². The number of hydrogen-bond acceptors (Lipinski definition) is 5. The number of ether oxygens (including phenoxy) is 1. The number of methoxy groups -OCH3 is 1. The molecule has 0 aromatic heterocycles. The summed E-state index contributed by atoms with van der Waals surface area (Å²) in [5.41, 5.74) is -0.141. The lowest BCUT2D eigenvalue weighted by molar-refractivity contribution is -0.384. The molecule has 0 aliphatic heterocycles. The van der Waals surface area contributed by atoms with E-state index in [0.29, 0.717) is 32.1 Å². The topological polar surface area (TPSA) is 86.5 Å². The summed E-state index contributed by atoms with van der Waals surface area (Å²) < 4.78 is 4.80. The van der Waals surface area contributed by atoms with Gasteiger partial charge < -0.3 is 4.74 Å². The van der Waals surface area contributed by atoms with Crippen LogP contribution < -0.4 is 0 Å². The van der Waals surface area contributed by atoms with Crippen LogP contribution in [0, 0.1) is 15.5 Å². The highest BCUT2D eigenvalue weighted by Crippen LogP contribution is 2.40. The standard InChI is InChI=1S/C15H17NO5/c1-21-14(18)15(9-2-3-13(15)17)10-8-11-4-6-12(7-5-11)16(19)20/h4-7H,2-3,8-10H2,1H3. The average molecular weight is 291 g/mol. The minimum Gasteiger partial charge on any atom is -0.468 e. The Balaban J connectivity index is 2.10. The predicted molar refractivity (Wildman–Crippen MR) is 74.7 cm³/mol. The van der Waals surface area contributed by atoms with E-state index in [-0.39, 0.29) is 11.5 Å². The third kappa shape index (κ3) is 2.94. The van der Waals surface area contributed by atoms with Gasteiger partial charge >= 0.3 is 5.97 Å². The molecule has 1 fully saturated rings. The van der Waals surface area contributed by atoms with Crippen LogP contribution in [0.4, 0.5) is 5.69 Å². The van der Waals surface area contributed by atoms with E-state index in [4.69, 9.17) is 4.74 Å². The minimum absolute atomic E-state index is 0.0263. The number of hydrogen-bond donors (Lipinski definition) is 0. The molecule has 0 spiro atoms. The molecule has 0 heterocycles. The van der Waals surface area contributed by atoms with Crippen molar-refractivity contribution in [3.63, 3.8) is 0 Å². The normalized spacial score (nSPS) is 21.3. The van der Waals surface area contributed by atoms with Crippen LogP contribution in [0.3, 0.4) is 0 Å². The molecule has 1 aromatic rings. The molecule has 0 saturated heterocycles. The lowest BCUT2D eigenvalue weighted by Gasteiger charge is -2.24.